The molecule has 9 nitrogen and oxygen atoms in total. The molecule has 1 atom stereocenters. The number of hydrogen-bond acceptors (Lipinski definition) is 6. The molecule has 0 radical (unpaired) electrons. The number of rotatable bonds is 5. The van der Waals surface area contributed by atoms with E-state index in [9.17, 15) is 14.4 Å². The molecule has 0 aliphatic rings. The zero-order valence-electron chi connectivity index (χ0n) is 15.6. The third kappa shape index (κ3) is 3.83. The van der Waals surface area contributed by atoms with Gasteiger partial charge in [0.05, 0.1) is 18.2 Å². The number of carbonyl (C=O) groups is 2. The molecule has 0 aliphatic heterocycles. The number of hydrogen-bond donors (Lipinski definition) is 2. The van der Waals surface area contributed by atoms with Crippen molar-refractivity contribution >= 4 is 34.1 Å². The standard InChI is InChI=1S/C19H19N5O4/c1-11(24-19(27)14-6-4-5-7-15(14)22-23-24)18(26)21-16-10-13(20-12(2)25)8-9-17(16)28-3/h4-11H,1-3H3,(H,20,25)(H,21,26). The molecule has 3 rings (SSSR count). The van der Waals surface area contributed by atoms with Crippen LogP contribution in [0.25, 0.3) is 10.9 Å². The Hall–Kier alpha value is -3.75. The maximum absolute atomic E-state index is 12.7. The lowest BCUT2D eigenvalue weighted by atomic mass is 10.2. The average molecular weight is 381 g/mol. The number of nitrogens with one attached hydrogen (secondary N) is 2. The number of anilines is 2. The molecule has 2 N–H and O–H groups in total. The molecule has 0 saturated heterocycles. The monoisotopic (exact) mass is 381 g/mol. The van der Waals surface area contributed by atoms with Gasteiger partial charge < -0.3 is 15.4 Å². The van der Waals surface area contributed by atoms with Gasteiger partial charge in [-0.15, -0.1) is 5.10 Å². The molecule has 3 aromatic rings. The fourth-order valence-corrected chi connectivity index (χ4v) is 2.69. The second-order valence-corrected chi connectivity index (χ2v) is 6.12. The Labute approximate surface area is 160 Å². The van der Waals surface area contributed by atoms with Crippen LogP contribution in [0.5, 0.6) is 5.75 Å². The van der Waals surface area contributed by atoms with Crippen LogP contribution in [0.2, 0.25) is 0 Å². The van der Waals surface area contributed by atoms with Gasteiger partial charge in [-0.1, -0.05) is 17.3 Å². The van der Waals surface area contributed by atoms with Crippen molar-refractivity contribution in [3.63, 3.8) is 0 Å². The van der Waals surface area contributed by atoms with E-state index in [0.29, 0.717) is 28.0 Å². The third-order valence-corrected chi connectivity index (χ3v) is 4.12. The summed E-state index contributed by atoms with van der Waals surface area (Å²) in [7, 11) is 1.46. The molecule has 0 bridgehead atoms. The first-order chi connectivity index (χ1) is 13.4. The van der Waals surface area contributed by atoms with E-state index in [4.69, 9.17) is 4.74 Å². The molecule has 1 heterocycles. The van der Waals surface area contributed by atoms with E-state index >= 15 is 0 Å². The number of aromatic nitrogens is 3. The van der Waals surface area contributed by atoms with Crippen LogP contribution < -0.4 is 20.9 Å². The topological polar surface area (TPSA) is 115 Å². The Morgan fingerprint density at radius 1 is 1.14 bits per heavy atom. The zero-order valence-corrected chi connectivity index (χ0v) is 15.6. The van der Waals surface area contributed by atoms with E-state index in [0.717, 1.165) is 4.68 Å². The zero-order chi connectivity index (χ0) is 20.3. The van der Waals surface area contributed by atoms with Crippen LogP contribution in [0.15, 0.2) is 47.3 Å². The number of carbonyl (C=O) groups excluding carboxylic acids is 2. The second kappa shape index (κ2) is 7.87. The van der Waals surface area contributed by atoms with Crippen molar-refractivity contribution < 1.29 is 14.3 Å². The molecule has 1 unspecified atom stereocenters. The number of amides is 2. The average Bonchev–Trinajstić information content (AvgIpc) is 2.68. The smallest absolute Gasteiger partial charge is 0.278 e. The van der Waals surface area contributed by atoms with Gasteiger partial charge in [0.25, 0.3) is 5.56 Å². The predicted octanol–water partition coefficient (Wildman–Crippen LogP) is 1.96. The van der Waals surface area contributed by atoms with Crippen molar-refractivity contribution in [1.82, 2.24) is 15.0 Å². The summed E-state index contributed by atoms with van der Waals surface area (Å²) < 4.78 is 6.28. The molecular formula is C19H19N5O4. The van der Waals surface area contributed by atoms with Crippen LogP contribution in [0.4, 0.5) is 11.4 Å². The van der Waals surface area contributed by atoms with Gasteiger partial charge in [0.15, 0.2) is 0 Å². The molecule has 2 amide bonds. The fraction of sp³-hybridized carbons (Fsp3) is 0.211. The van der Waals surface area contributed by atoms with Crippen molar-refractivity contribution in [2.24, 2.45) is 0 Å². The van der Waals surface area contributed by atoms with Gasteiger partial charge in [0.1, 0.15) is 17.3 Å². The highest BCUT2D eigenvalue weighted by Gasteiger charge is 2.20. The van der Waals surface area contributed by atoms with E-state index in [1.165, 1.54) is 14.0 Å². The Morgan fingerprint density at radius 3 is 2.61 bits per heavy atom. The summed E-state index contributed by atoms with van der Waals surface area (Å²) >= 11 is 0. The molecule has 0 saturated carbocycles. The van der Waals surface area contributed by atoms with Crippen LogP contribution in [0.1, 0.15) is 19.9 Å². The summed E-state index contributed by atoms with van der Waals surface area (Å²) in [6.07, 6.45) is 0. The summed E-state index contributed by atoms with van der Waals surface area (Å²) in [5.74, 6) is -0.314. The fourth-order valence-electron chi connectivity index (χ4n) is 2.69. The lowest BCUT2D eigenvalue weighted by molar-refractivity contribution is -0.119. The SMILES string of the molecule is COc1ccc(NC(C)=O)cc1NC(=O)C(C)n1nnc2ccccc2c1=O. The molecule has 9 heteroatoms. The minimum absolute atomic E-state index is 0.242. The molecule has 0 aliphatic carbocycles. The first-order valence-corrected chi connectivity index (χ1v) is 8.51. The number of nitrogens with zero attached hydrogens (tertiary/aromatic N) is 3. The molecule has 1 aromatic heterocycles. The van der Waals surface area contributed by atoms with Gasteiger partial charge in [-0.3, -0.25) is 14.4 Å². The highest BCUT2D eigenvalue weighted by Crippen LogP contribution is 2.28. The number of benzene rings is 2. The van der Waals surface area contributed by atoms with E-state index in [1.54, 1.807) is 49.4 Å². The number of methoxy groups -OCH3 is 1. The summed E-state index contributed by atoms with van der Waals surface area (Å²) in [5, 5.41) is 13.6. The Bertz CT molecular complexity index is 1110. The molecule has 0 fully saturated rings. The molecule has 144 valence electrons. The Morgan fingerprint density at radius 2 is 1.89 bits per heavy atom. The van der Waals surface area contributed by atoms with E-state index < -0.39 is 17.5 Å². The number of fused-ring (bicyclic) bond motifs is 1. The van der Waals surface area contributed by atoms with Crippen LogP contribution in [-0.2, 0) is 9.59 Å². The minimum atomic E-state index is -0.918. The largest absolute Gasteiger partial charge is 0.495 e. The van der Waals surface area contributed by atoms with Crippen LogP contribution in [-0.4, -0.2) is 33.9 Å². The summed E-state index contributed by atoms with van der Waals surface area (Å²) in [5.41, 5.74) is 0.902. The van der Waals surface area contributed by atoms with Crippen molar-refractivity contribution in [3.8, 4) is 5.75 Å². The van der Waals surface area contributed by atoms with Crippen molar-refractivity contribution in [2.45, 2.75) is 19.9 Å². The Balaban J connectivity index is 1.90. The highest BCUT2D eigenvalue weighted by molar-refractivity contribution is 5.96. The summed E-state index contributed by atoms with van der Waals surface area (Å²) in [6, 6.07) is 10.7. The highest BCUT2D eigenvalue weighted by atomic mass is 16.5. The van der Waals surface area contributed by atoms with Crippen molar-refractivity contribution in [2.75, 3.05) is 17.7 Å². The van der Waals surface area contributed by atoms with E-state index in [-0.39, 0.29) is 5.91 Å². The molecular weight excluding hydrogens is 362 g/mol. The van der Waals surface area contributed by atoms with Gasteiger partial charge in [0.2, 0.25) is 11.8 Å². The van der Waals surface area contributed by atoms with Gasteiger partial charge in [-0.2, -0.15) is 4.68 Å². The predicted molar refractivity (Wildman–Crippen MR) is 104 cm³/mol. The lowest BCUT2D eigenvalue weighted by Crippen LogP contribution is -2.34. The van der Waals surface area contributed by atoms with Gasteiger partial charge >= 0.3 is 0 Å². The summed E-state index contributed by atoms with van der Waals surface area (Å²) in [4.78, 5) is 36.6. The Kier molecular flexibility index (Phi) is 5.35. The second-order valence-electron chi connectivity index (χ2n) is 6.12. The summed E-state index contributed by atoms with van der Waals surface area (Å²) in [6.45, 7) is 2.93. The first-order valence-electron chi connectivity index (χ1n) is 8.51. The number of ether oxygens (including phenoxy) is 1. The van der Waals surface area contributed by atoms with E-state index in [2.05, 4.69) is 20.9 Å². The third-order valence-electron chi connectivity index (χ3n) is 4.12. The van der Waals surface area contributed by atoms with Gasteiger partial charge in [-0.05, 0) is 37.3 Å². The quantitative estimate of drug-likeness (QED) is 0.698. The molecule has 0 spiro atoms. The van der Waals surface area contributed by atoms with Gasteiger partial charge in [-0.25, -0.2) is 0 Å². The molecule has 2 aromatic carbocycles. The van der Waals surface area contributed by atoms with Crippen LogP contribution >= 0.6 is 0 Å². The van der Waals surface area contributed by atoms with Crippen molar-refractivity contribution in [3.05, 3.63) is 52.8 Å². The minimum Gasteiger partial charge on any atom is -0.495 e. The van der Waals surface area contributed by atoms with Crippen LogP contribution in [0, 0.1) is 0 Å². The molecule has 28 heavy (non-hydrogen) atoms. The maximum atomic E-state index is 12.7. The maximum Gasteiger partial charge on any atom is 0.278 e. The van der Waals surface area contributed by atoms with Crippen LogP contribution in [0.3, 0.4) is 0 Å². The normalized spacial score (nSPS) is 11.7. The van der Waals surface area contributed by atoms with Crippen molar-refractivity contribution in [1.29, 1.82) is 0 Å². The lowest BCUT2D eigenvalue weighted by Gasteiger charge is -2.16. The van der Waals surface area contributed by atoms with E-state index in [1.807, 2.05) is 0 Å². The first kappa shape index (κ1) is 19.0. The van der Waals surface area contributed by atoms with Gasteiger partial charge in [0, 0.05) is 12.6 Å².